The van der Waals surface area contributed by atoms with Gasteiger partial charge in [-0.25, -0.2) is 9.37 Å². The molecule has 2 N–H and O–H groups in total. The van der Waals surface area contributed by atoms with Crippen molar-refractivity contribution in [2.75, 3.05) is 13.1 Å². The third-order valence-electron chi connectivity index (χ3n) is 5.43. The smallest absolute Gasteiger partial charge is 0.289 e. The highest BCUT2D eigenvalue weighted by Gasteiger charge is 2.26. The van der Waals surface area contributed by atoms with Gasteiger partial charge in [-0.1, -0.05) is 12.1 Å². The first-order valence-corrected chi connectivity index (χ1v) is 11.4. The molecule has 170 valence electrons. The number of thiazole rings is 1. The number of amides is 3. The molecule has 1 saturated heterocycles. The summed E-state index contributed by atoms with van der Waals surface area (Å²) >= 11 is 1.40. The molecule has 0 spiro atoms. The van der Waals surface area contributed by atoms with Crippen LogP contribution in [0, 0.1) is 5.82 Å². The fourth-order valence-electron chi connectivity index (χ4n) is 3.59. The number of hydrazine groups is 1. The Balaban J connectivity index is 1.26. The molecule has 0 saturated carbocycles. The van der Waals surface area contributed by atoms with E-state index in [1.165, 1.54) is 29.7 Å². The molecule has 3 amide bonds. The zero-order valence-electron chi connectivity index (χ0n) is 17.7. The highest BCUT2D eigenvalue weighted by Crippen LogP contribution is 2.30. The molecule has 1 fully saturated rings. The summed E-state index contributed by atoms with van der Waals surface area (Å²) in [6.45, 7) is 1.21. The first kappa shape index (κ1) is 22.5. The van der Waals surface area contributed by atoms with Gasteiger partial charge in [0.2, 0.25) is 5.91 Å². The second-order valence-electron chi connectivity index (χ2n) is 7.68. The molecule has 2 aromatic heterocycles. The molecule has 0 atom stereocenters. The van der Waals surface area contributed by atoms with Crippen LogP contribution < -0.4 is 10.9 Å². The van der Waals surface area contributed by atoms with E-state index in [1.54, 1.807) is 35.8 Å². The van der Waals surface area contributed by atoms with Gasteiger partial charge in [-0.15, -0.1) is 11.3 Å². The van der Waals surface area contributed by atoms with Gasteiger partial charge < -0.3 is 4.90 Å². The van der Waals surface area contributed by atoms with Crippen LogP contribution >= 0.6 is 11.3 Å². The number of nitrogens with zero attached hydrogens (tertiary/aromatic N) is 3. The highest BCUT2D eigenvalue weighted by molar-refractivity contribution is 7.09. The van der Waals surface area contributed by atoms with Crippen LogP contribution in [-0.2, 0) is 11.2 Å². The second-order valence-corrected chi connectivity index (χ2v) is 8.57. The van der Waals surface area contributed by atoms with Crippen LogP contribution in [0.15, 0.2) is 54.2 Å². The number of halogens is 1. The van der Waals surface area contributed by atoms with E-state index in [0.29, 0.717) is 18.7 Å². The van der Waals surface area contributed by atoms with E-state index in [1.807, 2.05) is 4.90 Å². The van der Waals surface area contributed by atoms with E-state index < -0.39 is 11.8 Å². The molecule has 3 heterocycles. The largest absolute Gasteiger partial charge is 0.342 e. The molecule has 1 aliphatic rings. The second kappa shape index (κ2) is 10.3. The topological polar surface area (TPSA) is 104 Å². The van der Waals surface area contributed by atoms with Gasteiger partial charge in [-0.05, 0) is 42.7 Å². The lowest BCUT2D eigenvalue weighted by atomic mass is 9.97. The first-order chi connectivity index (χ1) is 16.0. The predicted octanol–water partition coefficient (Wildman–Crippen LogP) is 2.70. The summed E-state index contributed by atoms with van der Waals surface area (Å²) in [4.78, 5) is 47.0. The Morgan fingerprint density at radius 2 is 1.79 bits per heavy atom. The Morgan fingerprint density at radius 3 is 2.48 bits per heavy atom. The maximum atomic E-state index is 13.0. The lowest BCUT2D eigenvalue weighted by Gasteiger charge is -2.31. The van der Waals surface area contributed by atoms with Crippen molar-refractivity contribution in [1.82, 2.24) is 25.7 Å². The van der Waals surface area contributed by atoms with Gasteiger partial charge in [-0.3, -0.25) is 30.2 Å². The number of rotatable bonds is 5. The Hall–Kier alpha value is -3.66. The van der Waals surface area contributed by atoms with Crippen molar-refractivity contribution in [3.05, 3.63) is 81.8 Å². The monoisotopic (exact) mass is 467 g/mol. The lowest BCUT2D eigenvalue weighted by molar-refractivity contribution is -0.131. The number of carbonyl (C=O) groups excluding carboxylic acids is 3. The van der Waals surface area contributed by atoms with Crippen molar-refractivity contribution in [3.8, 4) is 0 Å². The van der Waals surface area contributed by atoms with Gasteiger partial charge in [0.1, 0.15) is 11.5 Å². The van der Waals surface area contributed by atoms with Gasteiger partial charge in [-0.2, -0.15) is 0 Å². The summed E-state index contributed by atoms with van der Waals surface area (Å²) in [5.41, 5.74) is 6.06. The third kappa shape index (κ3) is 5.78. The average molecular weight is 468 g/mol. The molecule has 33 heavy (non-hydrogen) atoms. The Morgan fingerprint density at radius 1 is 1.06 bits per heavy atom. The van der Waals surface area contributed by atoms with Crippen molar-refractivity contribution in [2.24, 2.45) is 0 Å². The average Bonchev–Trinajstić information content (AvgIpc) is 3.35. The van der Waals surface area contributed by atoms with Crippen molar-refractivity contribution in [3.63, 3.8) is 0 Å². The maximum absolute atomic E-state index is 13.0. The fraction of sp³-hybridized carbons (Fsp3) is 0.261. The number of nitrogens with one attached hydrogen (secondary N) is 2. The first-order valence-electron chi connectivity index (χ1n) is 10.5. The molecule has 0 aliphatic carbocycles. The van der Waals surface area contributed by atoms with Crippen molar-refractivity contribution in [2.45, 2.75) is 25.2 Å². The van der Waals surface area contributed by atoms with Gasteiger partial charge in [0.05, 0.1) is 17.0 Å². The number of aromatic nitrogens is 2. The molecular weight excluding hydrogens is 445 g/mol. The number of hydrogen-bond acceptors (Lipinski definition) is 6. The van der Waals surface area contributed by atoms with Crippen LogP contribution in [0.1, 0.15) is 50.2 Å². The van der Waals surface area contributed by atoms with E-state index in [9.17, 15) is 18.8 Å². The fourth-order valence-corrected chi connectivity index (χ4v) is 4.56. The number of pyridine rings is 1. The molecule has 0 bridgehead atoms. The summed E-state index contributed by atoms with van der Waals surface area (Å²) in [6, 6.07) is 9.19. The van der Waals surface area contributed by atoms with Crippen LogP contribution in [0.4, 0.5) is 4.39 Å². The highest BCUT2D eigenvalue weighted by atomic mass is 32.1. The molecule has 1 aliphatic heterocycles. The number of hydrogen-bond donors (Lipinski definition) is 2. The van der Waals surface area contributed by atoms with Crippen LogP contribution in [0.5, 0.6) is 0 Å². The number of likely N-dealkylation sites (tertiary alicyclic amines) is 1. The van der Waals surface area contributed by atoms with Gasteiger partial charge in [0, 0.05) is 36.8 Å². The molecule has 0 radical (unpaired) electrons. The van der Waals surface area contributed by atoms with E-state index in [0.717, 1.165) is 23.4 Å². The maximum Gasteiger partial charge on any atom is 0.289 e. The van der Waals surface area contributed by atoms with E-state index in [-0.39, 0.29) is 29.8 Å². The normalized spacial score (nSPS) is 14.0. The summed E-state index contributed by atoms with van der Waals surface area (Å²) in [5.74, 6) is -1.11. The van der Waals surface area contributed by atoms with Crippen molar-refractivity contribution < 1.29 is 18.8 Å². The van der Waals surface area contributed by atoms with Crippen molar-refractivity contribution in [1.29, 1.82) is 0 Å². The van der Waals surface area contributed by atoms with Crippen LogP contribution in [-0.4, -0.2) is 45.7 Å². The molecule has 0 unspecified atom stereocenters. The Kier molecular flexibility index (Phi) is 7.04. The van der Waals surface area contributed by atoms with Gasteiger partial charge >= 0.3 is 0 Å². The minimum absolute atomic E-state index is 0.0172. The predicted molar refractivity (Wildman–Crippen MR) is 120 cm³/mol. The number of benzene rings is 1. The van der Waals surface area contributed by atoms with Crippen LogP contribution in [0.2, 0.25) is 0 Å². The van der Waals surface area contributed by atoms with Crippen molar-refractivity contribution >= 4 is 29.1 Å². The molecule has 1 aromatic carbocycles. The third-order valence-corrected chi connectivity index (χ3v) is 6.44. The summed E-state index contributed by atoms with van der Waals surface area (Å²) in [6.07, 6.45) is 4.71. The molecule has 8 nitrogen and oxygen atoms in total. The van der Waals surface area contributed by atoms with Gasteiger partial charge in [0.15, 0.2) is 0 Å². The molecular formula is C23H22FN5O3S. The minimum atomic E-state index is -0.498. The summed E-state index contributed by atoms with van der Waals surface area (Å²) < 4.78 is 13.0. The Bertz CT molecular complexity index is 1130. The number of piperidine rings is 1. The van der Waals surface area contributed by atoms with E-state index in [4.69, 9.17) is 0 Å². The zero-order chi connectivity index (χ0) is 23.2. The Labute approximate surface area is 193 Å². The number of carbonyl (C=O) groups is 3. The van der Waals surface area contributed by atoms with E-state index in [2.05, 4.69) is 20.8 Å². The van der Waals surface area contributed by atoms with E-state index >= 15 is 0 Å². The standard InChI is InChI=1S/C23H22FN5O3S/c24-18-5-3-15(4-6-18)12-20(30)29-10-7-16(8-11-29)23-26-19(14-33-23)22(32)28-27-21(31)17-2-1-9-25-13-17/h1-6,9,13-14,16H,7-8,10-12H2,(H,27,31)(H,28,32). The van der Waals surface area contributed by atoms with Gasteiger partial charge in [0.25, 0.3) is 11.8 Å². The molecule has 3 aromatic rings. The lowest BCUT2D eigenvalue weighted by Crippen LogP contribution is -2.41. The SMILES string of the molecule is O=C(NNC(=O)c1csc(C2CCN(C(=O)Cc3ccc(F)cc3)CC2)n1)c1cccnc1. The zero-order valence-corrected chi connectivity index (χ0v) is 18.5. The summed E-state index contributed by atoms with van der Waals surface area (Å²) in [5, 5.41) is 2.50. The minimum Gasteiger partial charge on any atom is -0.342 e. The quantitative estimate of drug-likeness (QED) is 0.562. The van der Waals surface area contributed by atoms with Crippen LogP contribution in [0.25, 0.3) is 0 Å². The summed E-state index contributed by atoms with van der Waals surface area (Å²) in [7, 11) is 0. The van der Waals surface area contributed by atoms with Crippen LogP contribution in [0.3, 0.4) is 0 Å². The molecule has 4 rings (SSSR count). The molecule has 10 heteroatoms.